The molecule has 3 heteroatoms. The van der Waals surface area contributed by atoms with Crippen molar-refractivity contribution in [2.75, 3.05) is 7.05 Å². The Labute approximate surface area is 114 Å². The average Bonchev–Trinajstić information content (AvgIpc) is 2.93. The van der Waals surface area contributed by atoms with Gasteiger partial charge in [0.1, 0.15) is 0 Å². The topological polar surface area (TPSA) is 23.5 Å². The molecule has 0 saturated carbocycles. The Bertz CT molecular complexity index is 364. The first-order valence-electron chi connectivity index (χ1n) is 7.16. The second kappa shape index (κ2) is 5.32. The van der Waals surface area contributed by atoms with Gasteiger partial charge in [-0.15, -0.1) is 11.3 Å². The van der Waals surface area contributed by atoms with Crippen molar-refractivity contribution in [3.05, 3.63) is 22.4 Å². The predicted octanol–water partition coefficient (Wildman–Crippen LogP) is 2.91. The highest BCUT2D eigenvalue weighted by atomic mass is 32.1. The summed E-state index contributed by atoms with van der Waals surface area (Å²) in [4.78, 5) is 3.95. The van der Waals surface area contributed by atoms with E-state index in [1.807, 2.05) is 0 Å². The van der Waals surface area contributed by atoms with Crippen LogP contribution in [0, 0.1) is 5.92 Å². The Balaban J connectivity index is 1.52. The van der Waals surface area contributed by atoms with Crippen molar-refractivity contribution >= 4 is 11.3 Å². The minimum absolute atomic E-state index is 0.0936. The summed E-state index contributed by atoms with van der Waals surface area (Å²) in [6.07, 6.45) is 6.99. The van der Waals surface area contributed by atoms with Crippen LogP contribution in [0.5, 0.6) is 0 Å². The Morgan fingerprint density at radius 3 is 2.72 bits per heavy atom. The van der Waals surface area contributed by atoms with Crippen LogP contribution >= 0.6 is 11.3 Å². The van der Waals surface area contributed by atoms with Gasteiger partial charge in [0.2, 0.25) is 0 Å². The van der Waals surface area contributed by atoms with Gasteiger partial charge in [0, 0.05) is 17.0 Å². The summed E-state index contributed by atoms with van der Waals surface area (Å²) in [6.45, 7) is 0. The number of piperidine rings is 1. The van der Waals surface area contributed by atoms with Gasteiger partial charge in [-0.2, -0.15) is 0 Å². The lowest BCUT2D eigenvalue weighted by molar-refractivity contribution is 0.0321. The molecule has 2 aliphatic rings. The minimum atomic E-state index is -0.0936. The maximum Gasteiger partial charge on any atom is 0.0573 e. The summed E-state index contributed by atoms with van der Waals surface area (Å²) >= 11 is 1.81. The van der Waals surface area contributed by atoms with Gasteiger partial charge in [-0.25, -0.2) is 0 Å². The first-order valence-corrected chi connectivity index (χ1v) is 8.04. The molecule has 1 N–H and O–H groups in total. The van der Waals surface area contributed by atoms with Crippen molar-refractivity contribution in [2.24, 2.45) is 5.92 Å². The lowest BCUT2D eigenvalue weighted by Crippen LogP contribution is -2.43. The third kappa shape index (κ3) is 2.49. The standard InChI is InChI=1S/C15H23NOS/c1-16-12-4-5-13(16)10-11(9-12)15(17)7-6-14-3-2-8-18-14/h2-3,8,11-13,15,17H,4-7,9-10H2,1H3. The average molecular weight is 265 g/mol. The molecule has 18 heavy (non-hydrogen) atoms. The molecule has 0 spiro atoms. The molecule has 100 valence electrons. The van der Waals surface area contributed by atoms with Crippen molar-refractivity contribution < 1.29 is 5.11 Å². The fourth-order valence-electron chi connectivity index (χ4n) is 3.75. The smallest absolute Gasteiger partial charge is 0.0573 e. The molecule has 3 unspecified atom stereocenters. The van der Waals surface area contributed by atoms with E-state index < -0.39 is 0 Å². The third-order valence-corrected chi connectivity index (χ3v) is 5.88. The van der Waals surface area contributed by atoms with Gasteiger partial charge in [0.25, 0.3) is 0 Å². The summed E-state index contributed by atoms with van der Waals surface area (Å²) in [5.74, 6) is 0.540. The van der Waals surface area contributed by atoms with Crippen molar-refractivity contribution in [1.82, 2.24) is 4.90 Å². The highest BCUT2D eigenvalue weighted by Gasteiger charge is 2.40. The maximum atomic E-state index is 10.4. The summed E-state index contributed by atoms with van der Waals surface area (Å²) in [5, 5.41) is 12.5. The van der Waals surface area contributed by atoms with E-state index >= 15 is 0 Å². The quantitative estimate of drug-likeness (QED) is 0.905. The van der Waals surface area contributed by atoms with Gasteiger partial charge in [-0.05, 0) is 62.9 Å². The summed E-state index contributed by atoms with van der Waals surface area (Å²) in [6, 6.07) is 5.76. The Kier molecular flexibility index (Phi) is 3.73. The number of aliphatic hydroxyl groups is 1. The van der Waals surface area contributed by atoms with Crippen LogP contribution in [0.3, 0.4) is 0 Å². The number of thiophene rings is 1. The monoisotopic (exact) mass is 265 g/mol. The van der Waals surface area contributed by atoms with Crippen LogP contribution < -0.4 is 0 Å². The van der Waals surface area contributed by atoms with E-state index in [-0.39, 0.29) is 6.10 Å². The van der Waals surface area contributed by atoms with E-state index in [4.69, 9.17) is 0 Å². The van der Waals surface area contributed by atoms with Gasteiger partial charge in [0.05, 0.1) is 6.10 Å². The summed E-state index contributed by atoms with van der Waals surface area (Å²) < 4.78 is 0. The zero-order valence-corrected chi connectivity index (χ0v) is 11.9. The fourth-order valence-corrected chi connectivity index (χ4v) is 4.47. The molecule has 3 heterocycles. The number of aliphatic hydroxyl groups excluding tert-OH is 1. The van der Waals surface area contributed by atoms with Gasteiger partial charge in [0.15, 0.2) is 0 Å². The van der Waals surface area contributed by atoms with Crippen molar-refractivity contribution in [3.63, 3.8) is 0 Å². The second-order valence-corrected chi connectivity index (χ2v) is 7.00. The number of hydrogen-bond donors (Lipinski definition) is 1. The highest BCUT2D eigenvalue weighted by molar-refractivity contribution is 7.09. The van der Waals surface area contributed by atoms with Gasteiger partial charge in [-0.1, -0.05) is 6.07 Å². The molecular weight excluding hydrogens is 242 g/mol. The van der Waals surface area contributed by atoms with Crippen LogP contribution in [0.2, 0.25) is 0 Å². The largest absolute Gasteiger partial charge is 0.393 e. The normalized spacial score (nSPS) is 33.8. The molecule has 0 aliphatic carbocycles. The molecule has 1 aromatic heterocycles. The number of hydrogen-bond acceptors (Lipinski definition) is 3. The van der Waals surface area contributed by atoms with E-state index in [1.54, 1.807) is 11.3 Å². The molecular formula is C15H23NOS. The minimum Gasteiger partial charge on any atom is -0.393 e. The Morgan fingerprint density at radius 2 is 2.11 bits per heavy atom. The van der Waals surface area contributed by atoms with Gasteiger partial charge >= 0.3 is 0 Å². The summed E-state index contributed by atoms with van der Waals surface area (Å²) in [7, 11) is 2.26. The van der Waals surface area contributed by atoms with Crippen LogP contribution in [0.25, 0.3) is 0 Å². The molecule has 0 aromatic carbocycles. The molecule has 0 radical (unpaired) electrons. The van der Waals surface area contributed by atoms with Gasteiger partial charge < -0.3 is 10.0 Å². The van der Waals surface area contributed by atoms with E-state index in [2.05, 4.69) is 29.5 Å². The lowest BCUT2D eigenvalue weighted by atomic mass is 9.85. The van der Waals surface area contributed by atoms with Crippen LogP contribution in [-0.4, -0.2) is 35.2 Å². The number of rotatable bonds is 4. The lowest BCUT2D eigenvalue weighted by Gasteiger charge is -2.38. The van der Waals surface area contributed by atoms with E-state index in [1.165, 1.54) is 30.6 Å². The fraction of sp³-hybridized carbons (Fsp3) is 0.733. The molecule has 3 atom stereocenters. The zero-order chi connectivity index (χ0) is 12.5. The van der Waals surface area contributed by atoms with E-state index in [9.17, 15) is 5.11 Å². The van der Waals surface area contributed by atoms with Crippen LogP contribution in [0.4, 0.5) is 0 Å². The van der Waals surface area contributed by atoms with Crippen molar-refractivity contribution in [1.29, 1.82) is 0 Å². The SMILES string of the molecule is CN1C2CCC1CC(C(O)CCc1cccs1)C2. The number of aryl methyl sites for hydroxylation is 1. The zero-order valence-electron chi connectivity index (χ0n) is 11.1. The first-order chi connectivity index (χ1) is 8.74. The molecule has 2 bridgehead atoms. The molecule has 2 nitrogen and oxygen atoms in total. The van der Waals surface area contributed by atoms with Gasteiger partial charge in [-0.3, -0.25) is 0 Å². The van der Waals surface area contributed by atoms with Crippen molar-refractivity contribution in [2.45, 2.75) is 56.7 Å². The molecule has 2 aliphatic heterocycles. The van der Waals surface area contributed by atoms with E-state index in [0.717, 1.165) is 24.9 Å². The molecule has 2 saturated heterocycles. The first kappa shape index (κ1) is 12.6. The number of fused-ring (bicyclic) bond motifs is 2. The maximum absolute atomic E-state index is 10.4. The number of nitrogens with zero attached hydrogens (tertiary/aromatic N) is 1. The summed E-state index contributed by atoms with van der Waals surface area (Å²) in [5.41, 5.74) is 0. The molecule has 1 aromatic rings. The van der Waals surface area contributed by atoms with E-state index in [0.29, 0.717) is 5.92 Å². The van der Waals surface area contributed by atoms with Crippen LogP contribution in [0.1, 0.15) is 37.0 Å². The molecule has 2 fully saturated rings. The van der Waals surface area contributed by atoms with Crippen LogP contribution in [0.15, 0.2) is 17.5 Å². The Morgan fingerprint density at radius 1 is 1.39 bits per heavy atom. The second-order valence-electron chi connectivity index (χ2n) is 5.97. The third-order valence-electron chi connectivity index (χ3n) is 4.95. The van der Waals surface area contributed by atoms with Crippen LogP contribution in [-0.2, 0) is 6.42 Å². The Hall–Kier alpha value is -0.380. The molecule has 3 rings (SSSR count). The highest BCUT2D eigenvalue weighted by Crippen LogP contribution is 2.39. The molecule has 0 amide bonds. The van der Waals surface area contributed by atoms with Crippen molar-refractivity contribution in [3.8, 4) is 0 Å². The predicted molar refractivity (Wildman–Crippen MR) is 75.9 cm³/mol.